The Balaban J connectivity index is 1.75. The Hall–Kier alpha value is -2.88. The summed E-state index contributed by atoms with van der Waals surface area (Å²) < 4.78 is 0. The maximum Gasteiger partial charge on any atom is 0.244 e. The van der Waals surface area contributed by atoms with Gasteiger partial charge in [0.2, 0.25) is 5.91 Å². The van der Waals surface area contributed by atoms with E-state index in [1.165, 1.54) is 5.56 Å². The summed E-state index contributed by atoms with van der Waals surface area (Å²) in [5, 5.41) is 3.06. The number of aromatic amines is 1. The van der Waals surface area contributed by atoms with Crippen molar-refractivity contribution in [2.45, 2.75) is 26.8 Å². The number of nitrogens with zero attached hydrogens (tertiary/aromatic N) is 1. The number of aromatic nitrogens is 2. The Bertz CT molecular complexity index is 858. The van der Waals surface area contributed by atoms with Crippen molar-refractivity contribution in [2.24, 2.45) is 5.92 Å². The van der Waals surface area contributed by atoms with Gasteiger partial charge in [-0.15, -0.1) is 0 Å². The van der Waals surface area contributed by atoms with Crippen molar-refractivity contribution < 1.29 is 4.79 Å². The summed E-state index contributed by atoms with van der Waals surface area (Å²) in [4.78, 5) is 20.3. The van der Waals surface area contributed by atoms with Crippen molar-refractivity contribution in [3.63, 3.8) is 0 Å². The number of hydrogen-bond donors (Lipinski definition) is 2. The molecule has 1 amide bonds. The molecule has 1 aromatic heterocycles. The molecule has 25 heavy (non-hydrogen) atoms. The summed E-state index contributed by atoms with van der Waals surface area (Å²) in [6.45, 7) is 6.18. The smallest absolute Gasteiger partial charge is 0.244 e. The maximum absolute atomic E-state index is 12.3. The molecule has 1 atom stereocenters. The zero-order valence-corrected chi connectivity index (χ0v) is 14.8. The molecule has 1 unspecified atom stereocenters. The summed E-state index contributed by atoms with van der Waals surface area (Å²) in [6, 6.07) is 15.8. The topological polar surface area (TPSA) is 57.8 Å². The van der Waals surface area contributed by atoms with E-state index in [2.05, 4.69) is 29.1 Å². The second kappa shape index (κ2) is 7.34. The van der Waals surface area contributed by atoms with Crippen LogP contribution in [0.2, 0.25) is 0 Å². The van der Waals surface area contributed by atoms with Gasteiger partial charge in [-0.25, -0.2) is 4.98 Å². The number of amides is 1. The Labute approximate surface area is 148 Å². The molecule has 2 aromatic carbocycles. The highest BCUT2D eigenvalue weighted by Gasteiger charge is 2.20. The molecule has 4 nitrogen and oxygen atoms in total. The molecule has 0 aliphatic heterocycles. The lowest BCUT2D eigenvalue weighted by Crippen LogP contribution is -2.31. The van der Waals surface area contributed by atoms with Crippen molar-refractivity contribution in [1.29, 1.82) is 0 Å². The number of para-hydroxylation sites is 2. The summed E-state index contributed by atoms with van der Waals surface area (Å²) in [5.41, 5.74) is 4.09. The van der Waals surface area contributed by atoms with Gasteiger partial charge in [-0.1, -0.05) is 55.8 Å². The van der Waals surface area contributed by atoms with E-state index < -0.39 is 0 Å². The van der Waals surface area contributed by atoms with E-state index in [4.69, 9.17) is 0 Å². The third kappa shape index (κ3) is 4.15. The average Bonchev–Trinajstić information content (AvgIpc) is 3.02. The van der Waals surface area contributed by atoms with Crippen LogP contribution < -0.4 is 5.32 Å². The molecule has 128 valence electrons. The summed E-state index contributed by atoms with van der Waals surface area (Å²) in [5.74, 6) is 0.880. The van der Waals surface area contributed by atoms with Crippen molar-refractivity contribution in [3.05, 3.63) is 71.6 Å². The lowest BCUT2D eigenvalue weighted by atomic mass is 10.0. The van der Waals surface area contributed by atoms with Gasteiger partial charge in [-0.2, -0.15) is 0 Å². The van der Waals surface area contributed by atoms with Gasteiger partial charge in [0.15, 0.2) is 0 Å². The van der Waals surface area contributed by atoms with Crippen LogP contribution in [0.1, 0.15) is 36.8 Å². The highest BCUT2D eigenvalue weighted by Crippen LogP contribution is 2.22. The van der Waals surface area contributed by atoms with Gasteiger partial charge in [0, 0.05) is 6.08 Å². The number of carbonyl (C=O) groups excluding carboxylic acids is 1. The number of fused-ring (bicyclic) bond motifs is 1. The number of H-pyrrole nitrogens is 1. The van der Waals surface area contributed by atoms with Crippen molar-refractivity contribution >= 4 is 23.0 Å². The van der Waals surface area contributed by atoms with Crippen LogP contribution in [-0.4, -0.2) is 15.9 Å². The normalized spacial score (nSPS) is 12.8. The zero-order chi connectivity index (χ0) is 17.8. The van der Waals surface area contributed by atoms with Gasteiger partial charge in [-0.05, 0) is 36.6 Å². The second-order valence-corrected chi connectivity index (χ2v) is 6.61. The fourth-order valence-corrected chi connectivity index (χ4v) is 2.72. The molecule has 3 rings (SSSR count). The number of aryl methyl sites for hydroxylation is 1. The van der Waals surface area contributed by atoms with Crippen molar-refractivity contribution in [1.82, 2.24) is 15.3 Å². The average molecular weight is 333 g/mol. The molecule has 0 bridgehead atoms. The monoisotopic (exact) mass is 333 g/mol. The quantitative estimate of drug-likeness (QED) is 0.680. The Kier molecular flexibility index (Phi) is 4.98. The van der Waals surface area contributed by atoms with Gasteiger partial charge >= 0.3 is 0 Å². The number of carbonyl (C=O) groups is 1. The summed E-state index contributed by atoms with van der Waals surface area (Å²) in [6.07, 6.45) is 3.40. The second-order valence-electron chi connectivity index (χ2n) is 6.61. The molecule has 0 saturated heterocycles. The fourth-order valence-electron chi connectivity index (χ4n) is 2.72. The molecule has 2 N–H and O–H groups in total. The number of rotatable bonds is 5. The minimum absolute atomic E-state index is 0.125. The first-order valence-corrected chi connectivity index (χ1v) is 8.53. The van der Waals surface area contributed by atoms with E-state index in [9.17, 15) is 4.79 Å². The number of benzene rings is 2. The molecule has 3 aromatic rings. The van der Waals surface area contributed by atoms with E-state index >= 15 is 0 Å². The first-order chi connectivity index (χ1) is 12.0. The molecule has 4 heteroatoms. The summed E-state index contributed by atoms with van der Waals surface area (Å²) >= 11 is 0. The molecule has 0 aliphatic carbocycles. The third-order valence-corrected chi connectivity index (χ3v) is 4.17. The lowest BCUT2D eigenvalue weighted by Gasteiger charge is -2.19. The molecule has 0 radical (unpaired) electrons. The number of imidazole rings is 1. The highest BCUT2D eigenvalue weighted by molar-refractivity contribution is 5.92. The highest BCUT2D eigenvalue weighted by atomic mass is 16.1. The van der Waals surface area contributed by atoms with E-state index in [1.807, 2.05) is 61.5 Å². The molecular weight excluding hydrogens is 310 g/mol. The van der Waals surface area contributed by atoms with Gasteiger partial charge in [0.25, 0.3) is 0 Å². The van der Waals surface area contributed by atoms with E-state index in [0.29, 0.717) is 0 Å². The van der Waals surface area contributed by atoms with Crippen molar-refractivity contribution in [3.8, 4) is 0 Å². The molecule has 0 saturated carbocycles. The Morgan fingerprint density at radius 1 is 1.12 bits per heavy atom. The van der Waals surface area contributed by atoms with Crippen LogP contribution >= 0.6 is 0 Å². The van der Waals surface area contributed by atoms with Crippen LogP contribution in [-0.2, 0) is 4.79 Å². The van der Waals surface area contributed by atoms with Crippen molar-refractivity contribution in [2.75, 3.05) is 0 Å². The van der Waals surface area contributed by atoms with Gasteiger partial charge in [0.1, 0.15) is 5.82 Å². The van der Waals surface area contributed by atoms with Crippen LogP contribution in [0.4, 0.5) is 0 Å². The largest absolute Gasteiger partial charge is 0.342 e. The van der Waals surface area contributed by atoms with Gasteiger partial charge < -0.3 is 10.3 Å². The maximum atomic E-state index is 12.3. The first-order valence-electron chi connectivity index (χ1n) is 8.53. The van der Waals surface area contributed by atoms with Crippen LogP contribution in [0.15, 0.2) is 54.6 Å². The predicted octanol–water partition coefficient (Wildman–Crippen LogP) is 4.40. The Morgan fingerprint density at radius 2 is 1.84 bits per heavy atom. The van der Waals surface area contributed by atoms with E-state index in [-0.39, 0.29) is 17.9 Å². The van der Waals surface area contributed by atoms with Gasteiger partial charge in [0.05, 0.1) is 17.1 Å². The standard InChI is InChI=1S/C21H23N3O/c1-14(2)20(21-22-17-6-4-5-7-18(17)23-21)24-19(25)13-12-16-10-8-15(3)9-11-16/h4-14,20H,1-3H3,(H,22,23)(H,24,25)/b13-12+. The fraction of sp³-hybridized carbons (Fsp3) is 0.238. The minimum atomic E-state index is -0.164. The molecule has 0 spiro atoms. The third-order valence-electron chi connectivity index (χ3n) is 4.17. The van der Waals surface area contributed by atoms with E-state index in [0.717, 1.165) is 22.4 Å². The molecule has 0 fully saturated rings. The number of nitrogens with one attached hydrogen (secondary N) is 2. The first kappa shape index (κ1) is 17.0. The lowest BCUT2D eigenvalue weighted by molar-refractivity contribution is -0.117. The van der Waals surface area contributed by atoms with E-state index in [1.54, 1.807) is 6.08 Å². The summed E-state index contributed by atoms with van der Waals surface area (Å²) in [7, 11) is 0. The van der Waals surface area contributed by atoms with Crippen LogP contribution in [0, 0.1) is 12.8 Å². The van der Waals surface area contributed by atoms with Crippen LogP contribution in [0.25, 0.3) is 17.1 Å². The molecule has 0 aliphatic rings. The number of hydrogen-bond acceptors (Lipinski definition) is 2. The molecule has 1 heterocycles. The predicted molar refractivity (Wildman–Crippen MR) is 102 cm³/mol. The van der Waals surface area contributed by atoms with Gasteiger partial charge in [-0.3, -0.25) is 4.79 Å². The Morgan fingerprint density at radius 3 is 2.52 bits per heavy atom. The SMILES string of the molecule is Cc1ccc(/C=C/C(=O)NC(c2nc3ccccc3[nH]2)C(C)C)cc1. The minimum Gasteiger partial charge on any atom is -0.342 e. The molecular formula is C21H23N3O. The zero-order valence-electron chi connectivity index (χ0n) is 14.8. The van der Waals surface area contributed by atoms with Crippen LogP contribution in [0.5, 0.6) is 0 Å². The van der Waals surface area contributed by atoms with Crippen LogP contribution in [0.3, 0.4) is 0 Å².